The fourth-order valence-corrected chi connectivity index (χ4v) is 2.84. The molecule has 3 N–H and O–H groups in total. The van der Waals surface area contributed by atoms with Gasteiger partial charge in [0.15, 0.2) is 16.6 Å². The summed E-state index contributed by atoms with van der Waals surface area (Å²) in [4.78, 5) is 2.44. The lowest BCUT2D eigenvalue weighted by Gasteiger charge is -2.20. The van der Waals surface area contributed by atoms with Crippen LogP contribution >= 0.6 is 11.5 Å². The number of ether oxygens (including phenoxy) is 1. The summed E-state index contributed by atoms with van der Waals surface area (Å²) in [6, 6.07) is 0.393. The Morgan fingerprint density at radius 3 is 2.68 bits per heavy atom. The molecule has 0 saturated heterocycles. The van der Waals surface area contributed by atoms with Crippen molar-refractivity contribution in [2.75, 3.05) is 37.8 Å². The molecular formula is C13H26N4OS. The zero-order valence-electron chi connectivity index (χ0n) is 12.4. The molecule has 110 valence electrons. The minimum atomic E-state index is 0.393. The van der Waals surface area contributed by atoms with Gasteiger partial charge in [-0.2, -0.15) is 4.37 Å². The minimum absolute atomic E-state index is 0.393. The largest absolute Gasteiger partial charge is 0.490 e. The lowest BCUT2D eigenvalue weighted by Crippen LogP contribution is -2.25. The number of methoxy groups -OCH3 is 1. The fraction of sp³-hybridized carbons (Fsp3) is 0.769. The molecule has 1 atom stereocenters. The molecule has 0 spiro atoms. The second-order valence-corrected chi connectivity index (χ2v) is 5.42. The Labute approximate surface area is 120 Å². The summed E-state index contributed by atoms with van der Waals surface area (Å²) in [5, 5.41) is 4.35. The van der Waals surface area contributed by atoms with Gasteiger partial charge in [-0.3, -0.25) is 0 Å². The molecule has 1 aromatic rings. The van der Waals surface area contributed by atoms with E-state index in [9.17, 15) is 0 Å². The number of nitrogen functional groups attached to an aromatic ring is 1. The van der Waals surface area contributed by atoms with Crippen LogP contribution in [0.3, 0.4) is 0 Å². The molecular weight excluding hydrogens is 260 g/mol. The number of anilines is 2. The van der Waals surface area contributed by atoms with Crippen LogP contribution in [0.15, 0.2) is 0 Å². The van der Waals surface area contributed by atoms with Crippen LogP contribution in [0.1, 0.15) is 33.6 Å². The molecule has 0 aliphatic heterocycles. The molecule has 0 aliphatic carbocycles. The van der Waals surface area contributed by atoms with Crippen LogP contribution in [0, 0.1) is 0 Å². The summed E-state index contributed by atoms with van der Waals surface area (Å²) in [5.41, 5.74) is 5.73. The third kappa shape index (κ3) is 4.87. The summed E-state index contributed by atoms with van der Waals surface area (Å²) in [5.74, 6) is 1.13. The maximum atomic E-state index is 5.73. The van der Waals surface area contributed by atoms with Crippen LogP contribution in [0.2, 0.25) is 0 Å². The van der Waals surface area contributed by atoms with Gasteiger partial charge in [-0.15, -0.1) is 0 Å². The predicted molar refractivity (Wildman–Crippen MR) is 83.2 cm³/mol. The maximum Gasteiger partial charge on any atom is 0.197 e. The number of aromatic nitrogens is 1. The Balaban J connectivity index is 2.36. The molecule has 0 fully saturated rings. The Hall–Kier alpha value is -1.01. The van der Waals surface area contributed by atoms with Gasteiger partial charge in [0.1, 0.15) is 0 Å². The average molecular weight is 286 g/mol. The van der Waals surface area contributed by atoms with Crippen LogP contribution < -0.4 is 15.8 Å². The van der Waals surface area contributed by atoms with Gasteiger partial charge in [0.25, 0.3) is 0 Å². The number of hydrogen-bond donors (Lipinski definition) is 2. The van der Waals surface area contributed by atoms with Crippen molar-refractivity contribution in [3.8, 4) is 5.75 Å². The van der Waals surface area contributed by atoms with E-state index in [1.165, 1.54) is 18.0 Å². The first-order valence-corrected chi connectivity index (χ1v) is 7.67. The zero-order chi connectivity index (χ0) is 14.3. The molecule has 1 unspecified atom stereocenters. The molecule has 0 aromatic carbocycles. The average Bonchev–Trinajstić information content (AvgIpc) is 2.75. The summed E-state index contributed by atoms with van der Waals surface area (Å²) >= 11 is 1.36. The van der Waals surface area contributed by atoms with Crippen molar-refractivity contribution in [3.63, 3.8) is 0 Å². The van der Waals surface area contributed by atoms with Crippen LogP contribution in [-0.4, -0.2) is 42.1 Å². The topological polar surface area (TPSA) is 63.4 Å². The van der Waals surface area contributed by atoms with E-state index in [2.05, 4.69) is 35.4 Å². The highest BCUT2D eigenvalue weighted by molar-refractivity contribution is 7.11. The first-order chi connectivity index (χ1) is 9.12. The molecule has 1 rings (SSSR count). The third-order valence-electron chi connectivity index (χ3n) is 3.26. The van der Waals surface area contributed by atoms with Crippen molar-refractivity contribution >= 4 is 22.4 Å². The molecule has 6 heteroatoms. The van der Waals surface area contributed by atoms with Gasteiger partial charge in [0, 0.05) is 6.04 Å². The number of rotatable bonds is 9. The van der Waals surface area contributed by atoms with E-state index in [0.717, 1.165) is 31.1 Å². The predicted octanol–water partition coefficient (Wildman–Crippen LogP) is 2.66. The Morgan fingerprint density at radius 2 is 2.11 bits per heavy atom. The molecule has 1 heterocycles. The Morgan fingerprint density at radius 1 is 1.42 bits per heavy atom. The second-order valence-electron chi connectivity index (χ2n) is 4.64. The number of nitrogens with zero attached hydrogens (tertiary/aromatic N) is 2. The molecule has 0 saturated carbocycles. The first kappa shape index (κ1) is 16.0. The van der Waals surface area contributed by atoms with Crippen molar-refractivity contribution in [2.24, 2.45) is 0 Å². The van der Waals surface area contributed by atoms with Crippen LogP contribution in [0.4, 0.5) is 10.8 Å². The van der Waals surface area contributed by atoms with Gasteiger partial charge in [-0.05, 0) is 50.9 Å². The van der Waals surface area contributed by atoms with E-state index < -0.39 is 0 Å². The molecule has 19 heavy (non-hydrogen) atoms. The summed E-state index contributed by atoms with van der Waals surface area (Å²) < 4.78 is 9.35. The van der Waals surface area contributed by atoms with Crippen molar-refractivity contribution in [2.45, 2.75) is 39.7 Å². The number of nitrogens with one attached hydrogen (secondary N) is 1. The van der Waals surface area contributed by atoms with Gasteiger partial charge >= 0.3 is 0 Å². The quantitative estimate of drug-likeness (QED) is 0.730. The highest BCUT2D eigenvalue weighted by Gasteiger charge is 2.14. The van der Waals surface area contributed by atoms with Crippen LogP contribution in [0.5, 0.6) is 5.75 Å². The van der Waals surface area contributed by atoms with E-state index >= 15 is 0 Å². The monoisotopic (exact) mass is 286 g/mol. The normalized spacial score (nSPS) is 12.7. The van der Waals surface area contributed by atoms with E-state index in [1.807, 2.05) is 0 Å². The lowest BCUT2D eigenvalue weighted by molar-refractivity contribution is 0.295. The Bertz CT molecular complexity index is 366. The van der Waals surface area contributed by atoms with E-state index in [0.29, 0.717) is 17.6 Å². The number of nitrogens with two attached hydrogens (primary N) is 1. The van der Waals surface area contributed by atoms with Crippen molar-refractivity contribution in [1.82, 2.24) is 9.27 Å². The van der Waals surface area contributed by atoms with Gasteiger partial charge in [0.05, 0.1) is 7.11 Å². The molecule has 1 aromatic heterocycles. The van der Waals surface area contributed by atoms with E-state index in [-0.39, 0.29) is 0 Å². The van der Waals surface area contributed by atoms with Crippen molar-refractivity contribution in [1.29, 1.82) is 0 Å². The highest BCUT2D eigenvalue weighted by Crippen LogP contribution is 2.35. The van der Waals surface area contributed by atoms with Gasteiger partial charge in [-0.25, -0.2) is 0 Å². The van der Waals surface area contributed by atoms with Gasteiger partial charge in [0.2, 0.25) is 0 Å². The SMILES string of the molecule is CCN(CC)CCCC(C)Nc1snc(N)c1OC. The molecule has 0 aliphatic rings. The fourth-order valence-electron chi connectivity index (χ4n) is 2.04. The first-order valence-electron chi connectivity index (χ1n) is 6.90. The Kier molecular flexibility index (Phi) is 6.94. The molecule has 5 nitrogen and oxygen atoms in total. The van der Waals surface area contributed by atoms with Crippen LogP contribution in [0.25, 0.3) is 0 Å². The maximum absolute atomic E-state index is 5.73. The minimum Gasteiger partial charge on any atom is -0.490 e. The number of hydrogen-bond acceptors (Lipinski definition) is 6. The van der Waals surface area contributed by atoms with Gasteiger partial charge in [-0.1, -0.05) is 13.8 Å². The van der Waals surface area contributed by atoms with Gasteiger partial charge < -0.3 is 20.7 Å². The third-order valence-corrected chi connectivity index (χ3v) is 4.04. The zero-order valence-corrected chi connectivity index (χ0v) is 13.2. The van der Waals surface area contributed by atoms with E-state index in [4.69, 9.17) is 10.5 Å². The molecule has 0 amide bonds. The van der Waals surface area contributed by atoms with Crippen molar-refractivity contribution in [3.05, 3.63) is 0 Å². The second kappa shape index (κ2) is 8.22. The van der Waals surface area contributed by atoms with Crippen LogP contribution in [-0.2, 0) is 0 Å². The smallest absolute Gasteiger partial charge is 0.197 e. The molecule has 0 radical (unpaired) electrons. The highest BCUT2D eigenvalue weighted by atomic mass is 32.1. The van der Waals surface area contributed by atoms with E-state index in [1.54, 1.807) is 7.11 Å². The van der Waals surface area contributed by atoms with Crippen molar-refractivity contribution < 1.29 is 4.74 Å². The standard InChI is InChI=1S/C13H26N4OS/c1-5-17(6-2)9-7-8-10(3)15-13-11(18-4)12(14)16-19-13/h10,15H,5-9H2,1-4H3,(H2,14,16). The summed E-state index contributed by atoms with van der Waals surface area (Å²) in [7, 11) is 1.62. The molecule has 0 bridgehead atoms. The lowest BCUT2D eigenvalue weighted by atomic mass is 10.2. The summed E-state index contributed by atoms with van der Waals surface area (Å²) in [6.45, 7) is 9.99. The summed E-state index contributed by atoms with van der Waals surface area (Å²) in [6.07, 6.45) is 2.31.